The van der Waals surface area contributed by atoms with Crippen molar-refractivity contribution in [1.29, 1.82) is 0 Å². The van der Waals surface area contributed by atoms with Gasteiger partial charge in [0.15, 0.2) is 0 Å². The molecular weight excluding hydrogens is 220 g/mol. The molecule has 1 rings (SSSR count). The molecule has 0 saturated heterocycles. The van der Waals surface area contributed by atoms with Crippen molar-refractivity contribution in [3.63, 3.8) is 0 Å². The molecule has 0 radical (unpaired) electrons. The first-order chi connectivity index (χ1) is 8.17. The summed E-state index contributed by atoms with van der Waals surface area (Å²) in [6.45, 7) is 16.4. The molecule has 2 atom stereocenters. The van der Waals surface area contributed by atoms with Gasteiger partial charge in [-0.2, -0.15) is 0 Å². The van der Waals surface area contributed by atoms with Crippen LogP contribution in [-0.2, 0) is 0 Å². The van der Waals surface area contributed by atoms with E-state index in [0.29, 0.717) is 22.9 Å². The minimum atomic E-state index is 0.386. The van der Waals surface area contributed by atoms with E-state index in [1.807, 2.05) is 0 Å². The Balaban J connectivity index is 2.68. The van der Waals surface area contributed by atoms with Crippen LogP contribution in [0.1, 0.15) is 60.8 Å². The second-order valence-electron chi connectivity index (χ2n) is 8.00. The van der Waals surface area contributed by atoms with Gasteiger partial charge in [0.2, 0.25) is 0 Å². The molecule has 0 aromatic heterocycles. The van der Waals surface area contributed by atoms with Crippen LogP contribution in [0.25, 0.3) is 0 Å². The van der Waals surface area contributed by atoms with E-state index >= 15 is 0 Å². The highest BCUT2D eigenvalue weighted by Crippen LogP contribution is 2.40. The first-order valence-electron chi connectivity index (χ1n) is 7.61. The van der Waals surface area contributed by atoms with Crippen molar-refractivity contribution in [2.75, 3.05) is 20.1 Å². The normalized spacial score (nSPS) is 28.0. The maximum atomic E-state index is 3.80. The van der Waals surface area contributed by atoms with Gasteiger partial charge in [0, 0.05) is 18.6 Å². The van der Waals surface area contributed by atoms with Crippen molar-refractivity contribution < 1.29 is 0 Å². The minimum Gasteiger partial charge on any atom is -0.312 e. The predicted molar refractivity (Wildman–Crippen MR) is 81.0 cm³/mol. The fourth-order valence-corrected chi connectivity index (χ4v) is 3.42. The molecule has 1 saturated carbocycles. The van der Waals surface area contributed by atoms with Crippen LogP contribution in [0.5, 0.6) is 0 Å². The topological polar surface area (TPSA) is 15.3 Å². The summed E-state index contributed by atoms with van der Waals surface area (Å²) in [7, 11) is 2.30. The van der Waals surface area contributed by atoms with Gasteiger partial charge in [0.25, 0.3) is 0 Å². The van der Waals surface area contributed by atoms with Crippen LogP contribution in [-0.4, -0.2) is 37.1 Å². The van der Waals surface area contributed by atoms with Crippen molar-refractivity contribution in [2.24, 2.45) is 10.8 Å². The molecule has 0 aromatic rings. The van der Waals surface area contributed by atoms with Crippen molar-refractivity contribution in [3.05, 3.63) is 0 Å². The molecule has 0 aliphatic heterocycles. The summed E-state index contributed by atoms with van der Waals surface area (Å²) in [5.74, 6) is 0. The third kappa shape index (κ3) is 4.24. The summed E-state index contributed by atoms with van der Waals surface area (Å²) in [4.78, 5) is 2.59. The number of hydrogen-bond donors (Lipinski definition) is 1. The Morgan fingerprint density at radius 3 is 2.39 bits per heavy atom. The van der Waals surface area contributed by atoms with Gasteiger partial charge in [-0.05, 0) is 43.7 Å². The molecule has 0 heterocycles. The van der Waals surface area contributed by atoms with E-state index in [-0.39, 0.29) is 0 Å². The third-order valence-electron chi connectivity index (χ3n) is 4.22. The lowest BCUT2D eigenvalue weighted by Crippen LogP contribution is -2.52. The smallest absolute Gasteiger partial charge is 0.0274 e. The molecular formula is C16H34N2. The van der Waals surface area contributed by atoms with Crippen molar-refractivity contribution in [1.82, 2.24) is 10.2 Å². The molecule has 1 N–H and O–H groups in total. The molecule has 0 amide bonds. The summed E-state index contributed by atoms with van der Waals surface area (Å²) in [6.07, 6.45) is 3.90. The average Bonchev–Trinajstić information content (AvgIpc) is 2.48. The van der Waals surface area contributed by atoms with E-state index < -0.39 is 0 Å². The summed E-state index contributed by atoms with van der Waals surface area (Å²) in [5, 5.41) is 3.80. The van der Waals surface area contributed by atoms with Crippen LogP contribution >= 0.6 is 0 Å². The number of likely N-dealkylation sites (N-methyl/N-ethyl adjacent to an activating group) is 1. The SMILES string of the molecule is CCCNC1C(N(C)CC(C)(C)C)CCC1(C)C. The highest BCUT2D eigenvalue weighted by atomic mass is 15.2. The molecule has 108 valence electrons. The average molecular weight is 254 g/mol. The largest absolute Gasteiger partial charge is 0.312 e. The molecule has 0 bridgehead atoms. The zero-order valence-electron chi connectivity index (χ0n) is 13.6. The van der Waals surface area contributed by atoms with Crippen LogP contribution in [0, 0.1) is 10.8 Å². The summed E-state index contributed by atoms with van der Waals surface area (Å²) < 4.78 is 0. The lowest BCUT2D eigenvalue weighted by Gasteiger charge is -2.38. The van der Waals surface area contributed by atoms with Crippen molar-refractivity contribution in [3.8, 4) is 0 Å². The quantitative estimate of drug-likeness (QED) is 0.807. The third-order valence-corrected chi connectivity index (χ3v) is 4.22. The lowest BCUT2D eigenvalue weighted by atomic mass is 9.85. The van der Waals surface area contributed by atoms with E-state index in [1.165, 1.54) is 25.8 Å². The predicted octanol–water partition coefficient (Wildman–Crippen LogP) is 3.52. The van der Waals surface area contributed by atoms with Gasteiger partial charge in [0.05, 0.1) is 0 Å². The minimum absolute atomic E-state index is 0.386. The standard InChI is InChI=1S/C16H34N2/c1-8-11-17-14-13(9-10-16(14,5)6)18(7)12-15(2,3)4/h13-14,17H,8-12H2,1-7H3. The molecule has 2 heteroatoms. The van der Waals surface area contributed by atoms with E-state index in [9.17, 15) is 0 Å². The Hall–Kier alpha value is -0.0800. The summed E-state index contributed by atoms with van der Waals surface area (Å²) in [6, 6.07) is 1.34. The fraction of sp³-hybridized carbons (Fsp3) is 1.00. The first-order valence-corrected chi connectivity index (χ1v) is 7.61. The van der Waals surface area contributed by atoms with E-state index in [0.717, 1.165) is 6.54 Å². The van der Waals surface area contributed by atoms with E-state index in [2.05, 4.69) is 58.8 Å². The molecule has 2 unspecified atom stereocenters. The molecule has 1 aliphatic carbocycles. The number of rotatable bonds is 5. The number of nitrogens with one attached hydrogen (secondary N) is 1. The summed E-state index contributed by atoms with van der Waals surface area (Å²) in [5.41, 5.74) is 0.822. The Bertz CT molecular complexity index is 252. The lowest BCUT2D eigenvalue weighted by molar-refractivity contribution is 0.132. The first kappa shape index (κ1) is 16.0. The van der Waals surface area contributed by atoms with Crippen molar-refractivity contribution in [2.45, 2.75) is 72.9 Å². The molecule has 18 heavy (non-hydrogen) atoms. The molecule has 2 nitrogen and oxygen atoms in total. The van der Waals surface area contributed by atoms with E-state index in [4.69, 9.17) is 0 Å². The molecule has 1 aliphatic rings. The van der Waals surface area contributed by atoms with Crippen LogP contribution in [0.3, 0.4) is 0 Å². The second kappa shape index (κ2) is 5.92. The Kier molecular flexibility index (Phi) is 5.25. The van der Waals surface area contributed by atoms with Crippen LogP contribution in [0.4, 0.5) is 0 Å². The van der Waals surface area contributed by atoms with E-state index in [1.54, 1.807) is 0 Å². The van der Waals surface area contributed by atoms with Gasteiger partial charge in [-0.3, -0.25) is 0 Å². The maximum absolute atomic E-state index is 3.80. The number of hydrogen-bond acceptors (Lipinski definition) is 2. The van der Waals surface area contributed by atoms with Crippen LogP contribution in [0.2, 0.25) is 0 Å². The van der Waals surface area contributed by atoms with Crippen molar-refractivity contribution >= 4 is 0 Å². The van der Waals surface area contributed by atoms with Gasteiger partial charge in [-0.15, -0.1) is 0 Å². The van der Waals surface area contributed by atoms with Gasteiger partial charge in [-0.1, -0.05) is 41.5 Å². The Morgan fingerprint density at radius 2 is 1.89 bits per heavy atom. The highest BCUT2D eigenvalue weighted by Gasteiger charge is 2.43. The number of nitrogens with zero attached hydrogens (tertiary/aromatic N) is 1. The van der Waals surface area contributed by atoms with Gasteiger partial charge < -0.3 is 10.2 Å². The molecule has 0 spiro atoms. The van der Waals surface area contributed by atoms with Crippen LogP contribution in [0.15, 0.2) is 0 Å². The summed E-state index contributed by atoms with van der Waals surface area (Å²) >= 11 is 0. The maximum Gasteiger partial charge on any atom is 0.0274 e. The Labute approximate surface area is 115 Å². The highest BCUT2D eigenvalue weighted by molar-refractivity contribution is 5.00. The monoisotopic (exact) mass is 254 g/mol. The molecule has 1 fully saturated rings. The van der Waals surface area contributed by atoms with Crippen LogP contribution < -0.4 is 5.32 Å². The molecule has 0 aromatic carbocycles. The zero-order chi connectivity index (χ0) is 14.0. The van der Waals surface area contributed by atoms with Gasteiger partial charge in [-0.25, -0.2) is 0 Å². The second-order valence-corrected chi connectivity index (χ2v) is 8.00. The Morgan fingerprint density at radius 1 is 1.28 bits per heavy atom. The zero-order valence-corrected chi connectivity index (χ0v) is 13.6. The van der Waals surface area contributed by atoms with Gasteiger partial charge >= 0.3 is 0 Å². The van der Waals surface area contributed by atoms with Gasteiger partial charge in [0.1, 0.15) is 0 Å². The fourth-order valence-electron chi connectivity index (χ4n) is 3.42.